The van der Waals surface area contributed by atoms with Crippen molar-refractivity contribution in [3.05, 3.63) is 47.5 Å². The fraction of sp³-hybridized carbons (Fsp3) is 0. The van der Waals surface area contributed by atoms with Crippen molar-refractivity contribution in [2.75, 3.05) is 16.4 Å². The highest BCUT2D eigenvalue weighted by Crippen LogP contribution is 2.23. The van der Waals surface area contributed by atoms with Crippen LogP contribution >= 0.6 is 11.6 Å². The zero-order chi connectivity index (χ0) is 14.8. The van der Waals surface area contributed by atoms with Crippen molar-refractivity contribution in [2.45, 2.75) is 0 Å². The van der Waals surface area contributed by atoms with E-state index in [1.807, 2.05) is 0 Å². The third kappa shape index (κ3) is 2.75. The Bertz CT molecular complexity index is 814. The molecule has 0 fully saturated rings. The maximum absolute atomic E-state index is 12.0. The number of halogens is 1. The van der Waals surface area contributed by atoms with Crippen LogP contribution in [-0.2, 0) is 0 Å². The van der Waals surface area contributed by atoms with Gasteiger partial charge in [-0.05, 0) is 30.3 Å². The molecule has 6 nitrogen and oxygen atoms in total. The molecule has 0 bridgehead atoms. The molecule has 0 atom stereocenters. The second kappa shape index (κ2) is 5.34. The van der Waals surface area contributed by atoms with Crippen LogP contribution < -0.4 is 16.4 Å². The molecule has 7 heteroatoms. The number of urea groups is 1. The van der Waals surface area contributed by atoms with Gasteiger partial charge in [-0.25, -0.2) is 4.79 Å². The minimum Gasteiger partial charge on any atom is -0.382 e. The normalized spacial score (nSPS) is 10.5. The van der Waals surface area contributed by atoms with Gasteiger partial charge in [-0.15, -0.1) is 0 Å². The Kier molecular flexibility index (Phi) is 3.37. The number of nitrogens with two attached hydrogens (primary N) is 1. The average Bonchev–Trinajstić information content (AvgIpc) is 2.83. The van der Waals surface area contributed by atoms with Crippen LogP contribution in [-0.4, -0.2) is 16.2 Å². The summed E-state index contributed by atoms with van der Waals surface area (Å²) in [6.07, 6.45) is 0. The van der Waals surface area contributed by atoms with Crippen molar-refractivity contribution in [3.63, 3.8) is 0 Å². The van der Waals surface area contributed by atoms with E-state index in [2.05, 4.69) is 20.8 Å². The van der Waals surface area contributed by atoms with Crippen molar-refractivity contribution in [1.29, 1.82) is 0 Å². The molecule has 0 saturated heterocycles. The quantitative estimate of drug-likeness (QED) is 0.584. The number of aromatic amines is 1. The fourth-order valence-electron chi connectivity index (χ4n) is 1.96. The van der Waals surface area contributed by atoms with E-state index in [4.69, 9.17) is 17.3 Å². The van der Waals surface area contributed by atoms with Gasteiger partial charge in [0.2, 0.25) is 0 Å². The zero-order valence-corrected chi connectivity index (χ0v) is 11.6. The van der Waals surface area contributed by atoms with E-state index in [0.717, 1.165) is 10.9 Å². The Morgan fingerprint density at radius 1 is 1.19 bits per heavy atom. The van der Waals surface area contributed by atoms with Gasteiger partial charge in [0.15, 0.2) is 5.82 Å². The number of amides is 2. The number of para-hydroxylation sites is 1. The summed E-state index contributed by atoms with van der Waals surface area (Å²) in [5.74, 6) is 0.389. The lowest BCUT2D eigenvalue weighted by Crippen LogP contribution is -2.19. The minimum absolute atomic E-state index is 0.385. The van der Waals surface area contributed by atoms with Crippen LogP contribution in [0.1, 0.15) is 0 Å². The number of anilines is 3. The van der Waals surface area contributed by atoms with E-state index in [9.17, 15) is 4.79 Å². The molecule has 2 aromatic carbocycles. The number of carbonyl (C=O) groups is 1. The van der Waals surface area contributed by atoms with Crippen LogP contribution in [0.5, 0.6) is 0 Å². The van der Waals surface area contributed by atoms with Crippen molar-refractivity contribution in [1.82, 2.24) is 10.2 Å². The molecule has 0 aliphatic heterocycles. The lowest BCUT2D eigenvalue weighted by atomic mass is 10.2. The number of carbonyl (C=O) groups excluding carboxylic acids is 1. The highest BCUT2D eigenvalue weighted by Gasteiger charge is 2.07. The highest BCUT2D eigenvalue weighted by atomic mass is 35.5. The smallest absolute Gasteiger partial charge is 0.323 e. The number of nitrogens with one attached hydrogen (secondary N) is 3. The van der Waals surface area contributed by atoms with E-state index in [1.54, 1.807) is 42.5 Å². The monoisotopic (exact) mass is 301 g/mol. The van der Waals surface area contributed by atoms with E-state index in [0.29, 0.717) is 22.2 Å². The standard InChI is InChI=1S/C14H12ClN5O/c15-10-3-1-2-4-12(10)18-14(21)17-8-5-6-11-9(7-8)13(16)20-19-11/h1-7H,(H3,16,19,20)(H2,17,18,21). The van der Waals surface area contributed by atoms with Crippen LogP contribution in [0.15, 0.2) is 42.5 Å². The number of aromatic nitrogens is 2. The van der Waals surface area contributed by atoms with E-state index >= 15 is 0 Å². The molecular weight excluding hydrogens is 290 g/mol. The molecule has 0 radical (unpaired) electrons. The van der Waals surface area contributed by atoms with Gasteiger partial charge in [-0.3, -0.25) is 5.10 Å². The summed E-state index contributed by atoms with van der Waals surface area (Å²) < 4.78 is 0. The largest absolute Gasteiger partial charge is 0.382 e. The molecule has 21 heavy (non-hydrogen) atoms. The van der Waals surface area contributed by atoms with Crippen LogP contribution in [0.4, 0.5) is 22.0 Å². The first kappa shape index (κ1) is 13.3. The van der Waals surface area contributed by atoms with Gasteiger partial charge in [0.1, 0.15) is 0 Å². The van der Waals surface area contributed by atoms with Gasteiger partial charge in [-0.1, -0.05) is 23.7 Å². The molecule has 1 aromatic heterocycles. The molecule has 2 amide bonds. The van der Waals surface area contributed by atoms with Gasteiger partial charge in [0.25, 0.3) is 0 Å². The van der Waals surface area contributed by atoms with Gasteiger partial charge >= 0.3 is 6.03 Å². The summed E-state index contributed by atoms with van der Waals surface area (Å²) in [7, 11) is 0. The Labute approximate surface area is 125 Å². The Morgan fingerprint density at radius 2 is 2.00 bits per heavy atom. The third-order valence-corrected chi connectivity index (χ3v) is 3.30. The summed E-state index contributed by atoms with van der Waals surface area (Å²) in [6, 6.07) is 11.9. The van der Waals surface area contributed by atoms with E-state index in [1.165, 1.54) is 0 Å². The number of hydrogen-bond acceptors (Lipinski definition) is 3. The molecule has 0 unspecified atom stereocenters. The number of nitrogen functional groups attached to an aromatic ring is 1. The van der Waals surface area contributed by atoms with Gasteiger partial charge < -0.3 is 16.4 Å². The molecule has 3 rings (SSSR count). The number of rotatable bonds is 2. The minimum atomic E-state index is -0.385. The lowest BCUT2D eigenvalue weighted by molar-refractivity contribution is 0.262. The van der Waals surface area contributed by atoms with E-state index < -0.39 is 0 Å². The topological polar surface area (TPSA) is 95.8 Å². The number of hydrogen-bond donors (Lipinski definition) is 4. The molecule has 0 aliphatic carbocycles. The number of nitrogens with zero attached hydrogens (tertiary/aromatic N) is 1. The number of benzene rings is 2. The Morgan fingerprint density at radius 3 is 2.81 bits per heavy atom. The maximum atomic E-state index is 12.0. The van der Waals surface area contributed by atoms with Gasteiger partial charge in [-0.2, -0.15) is 5.10 Å². The summed E-state index contributed by atoms with van der Waals surface area (Å²) in [5.41, 5.74) is 7.69. The van der Waals surface area contributed by atoms with Crippen molar-refractivity contribution < 1.29 is 4.79 Å². The van der Waals surface area contributed by atoms with Crippen LogP contribution in [0.2, 0.25) is 5.02 Å². The molecule has 3 aromatic rings. The molecular formula is C14H12ClN5O. The summed E-state index contributed by atoms with van der Waals surface area (Å²) in [4.78, 5) is 12.0. The predicted molar refractivity (Wildman–Crippen MR) is 84.6 cm³/mol. The molecule has 0 saturated carbocycles. The second-order valence-electron chi connectivity index (χ2n) is 4.43. The number of H-pyrrole nitrogens is 1. The van der Waals surface area contributed by atoms with Crippen LogP contribution in [0, 0.1) is 0 Å². The lowest BCUT2D eigenvalue weighted by Gasteiger charge is -2.09. The molecule has 0 aliphatic rings. The van der Waals surface area contributed by atoms with Gasteiger partial charge in [0.05, 0.1) is 16.2 Å². The highest BCUT2D eigenvalue weighted by molar-refractivity contribution is 6.33. The van der Waals surface area contributed by atoms with E-state index in [-0.39, 0.29) is 6.03 Å². The van der Waals surface area contributed by atoms with Crippen molar-refractivity contribution in [3.8, 4) is 0 Å². The predicted octanol–water partition coefficient (Wildman–Crippen LogP) is 3.44. The van der Waals surface area contributed by atoms with Crippen molar-refractivity contribution in [2.24, 2.45) is 0 Å². The number of fused-ring (bicyclic) bond motifs is 1. The SMILES string of the molecule is Nc1n[nH]c2ccc(NC(=O)Nc3ccccc3Cl)cc12. The van der Waals surface area contributed by atoms with Crippen LogP contribution in [0.3, 0.4) is 0 Å². The first-order valence-corrected chi connectivity index (χ1v) is 6.57. The summed E-state index contributed by atoms with van der Waals surface area (Å²) in [6.45, 7) is 0. The van der Waals surface area contributed by atoms with Crippen LogP contribution in [0.25, 0.3) is 10.9 Å². The summed E-state index contributed by atoms with van der Waals surface area (Å²) >= 11 is 5.98. The molecule has 5 N–H and O–H groups in total. The fourth-order valence-corrected chi connectivity index (χ4v) is 2.14. The first-order valence-electron chi connectivity index (χ1n) is 6.19. The maximum Gasteiger partial charge on any atom is 0.323 e. The second-order valence-corrected chi connectivity index (χ2v) is 4.84. The average molecular weight is 302 g/mol. The van der Waals surface area contributed by atoms with Crippen molar-refractivity contribution >= 4 is 45.7 Å². The third-order valence-electron chi connectivity index (χ3n) is 2.97. The Hall–Kier alpha value is -2.73. The molecule has 1 heterocycles. The Balaban J connectivity index is 1.77. The first-order chi connectivity index (χ1) is 10.1. The summed E-state index contributed by atoms with van der Waals surface area (Å²) in [5, 5.41) is 13.3. The molecule has 0 spiro atoms. The molecule has 106 valence electrons. The zero-order valence-electron chi connectivity index (χ0n) is 10.9. The van der Waals surface area contributed by atoms with Gasteiger partial charge in [0, 0.05) is 11.1 Å².